The van der Waals surface area contributed by atoms with E-state index in [-0.39, 0.29) is 0 Å². The van der Waals surface area contributed by atoms with Crippen LogP contribution in [0.25, 0.3) is 0 Å². The fourth-order valence-electron chi connectivity index (χ4n) is 0.255. The van der Waals surface area contributed by atoms with Gasteiger partial charge in [-0.05, 0) is 5.23 Å². The third-order valence-corrected chi connectivity index (χ3v) is 1.35. The molecule has 0 aromatic heterocycles. The summed E-state index contributed by atoms with van der Waals surface area (Å²) in [7, 11) is -4.38. The van der Waals surface area contributed by atoms with Gasteiger partial charge in [0.1, 0.15) is 5.75 Å². The van der Waals surface area contributed by atoms with Gasteiger partial charge in [0.15, 0.2) is 6.23 Å². The minimum atomic E-state index is -4.38. The summed E-state index contributed by atoms with van der Waals surface area (Å²) in [4.78, 5) is 0. The molecule has 0 saturated carbocycles. The second kappa shape index (κ2) is 3.23. The molecule has 0 amide bonds. The van der Waals surface area contributed by atoms with Crippen LogP contribution in [0.15, 0.2) is 0 Å². The van der Waals surface area contributed by atoms with Crippen LogP contribution >= 0.6 is 0 Å². The van der Waals surface area contributed by atoms with Gasteiger partial charge in [0, 0.05) is 0 Å². The second-order valence-electron chi connectivity index (χ2n) is 1.55. The molecule has 0 aliphatic heterocycles. The SMILES string of the molecule is O=S(=O)(O)CC(O)N(O)O. The van der Waals surface area contributed by atoms with Crippen molar-refractivity contribution in [3.63, 3.8) is 0 Å². The lowest BCUT2D eigenvalue weighted by atomic mass is 10.7. The Morgan fingerprint density at radius 3 is 1.90 bits per heavy atom. The summed E-state index contributed by atoms with van der Waals surface area (Å²) in [5, 5.41) is 23.5. The number of hydrogen-bond acceptors (Lipinski definition) is 6. The van der Waals surface area contributed by atoms with E-state index < -0.39 is 27.3 Å². The lowest BCUT2D eigenvalue weighted by Crippen LogP contribution is -2.35. The van der Waals surface area contributed by atoms with E-state index in [0.29, 0.717) is 0 Å². The van der Waals surface area contributed by atoms with Crippen LogP contribution in [0.4, 0.5) is 0 Å². The van der Waals surface area contributed by atoms with E-state index in [4.69, 9.17) is 20.1 Å². The van der Waals surface area contributed by atoms with Gasteiger partial charge in [-0.1, -0.05) is 0 Å². The summed E-state index contributed by atoms with van der Waals surface area (Å²) in [6.07, 6.45) is -2.03. The lowest BCUT2D eigenvalue weighted by molar-refractivity contribution is -0.364. The highest BCUT2D eigenvalue weighted by Crippen LogP contribution is 1.91. The maximum absolute atomic E-state index is 9.89. The van der Waals surface area contributed by atoms with E-state index >= 15 is 0 Å². The molecule has 0 aliphatic carbocycles. The molecule has 0 aromatic rings. The zero-order valence-corrected chi connectivity index (χ0v) is 5.56. The summed E-state index contributed by atoms with van der Waals surface area (Å²) >= 11 is 0. The fraction of sp³-hybridized carbons (Fsp3) is 1.00. The first kappa shape index (κ1) is 9.75. The second-order valence-corrected chi connectivity index (χ2v) is 3.05. The Labute approximate surface area is 56.8 Å². The number of rotatable bonds is 3. The Kier molecular flexibility index (Phi) is 3.15. The van der Waals surface area contributed by atoms with Crippen molar-refractivity contribution in [1.29, 1.82) is 0 Å². The Hall–Kier alpha value is -0.250. The van der Waals surface area contributed by atoms with Gasteiger partial charge in [-0.25, -0.2) is 0 Å². The molecule has 62 valence electrons. The van der Waals surface area contributed by atoms with E-state index in [9.17, 15) is 8.42 Å². The van der Waals surface area contributed by atoms with Crippen molar-refractivity contribution in [3.05, 3.63) is 0 Å². The van der Waals surface area contributed by atoms with Crippen molar-refractivity contribution in [3.8, 4) is 0 Å². The number of aliphatic hydroxyl groups excluding tert-OH is 1. The van der Waals surface area contributed by atoms with E-state index in [2.05, 4.69) is 0 Å². The van der Waals surface area contributed by atoms with Gasteiger partial charge in [-0.3, -0.25) is 15.0 Å². The zero-order valence-electron chi connectivity index (χ0n) is 4.75. The predicted molar refractivity (Wildman–Crippen MR) is 27.8 cm³/mol. The van der Waals surface area contributed by atoms with Gasteiger partial charge < -0.3 is 5.11 Å². The molecule has 0 fully saturated rings. The highest BCUT2D eigenvalue weighted by atomic mass is 32.2. The molecule has 1 unspecified atom stereocenters. The Balaban J connectivity index is 3.93. The van der Waals surface area contributed by atoms with Gasteiger partial charge in [0.25, 0.3) is 10.1 Å². The maximum Gasteiger partial charge on any atom is 0.268 e. The molecule has 8 heteroatoms. The largest absolute Gasteiger partial charge is 0.373 e. The van der Waals surface area contributed by atoms with Crippen LogP contribution in [-0.4, -0.2) is 45.7 Å². The summed E-state index contributed by atoms with van der Waals surface area (Å²) in [6.45, 7) is 0. The zero-order chi connectivity index (χ0) is 8.36. The molecule has 7 nitrogen and oxygen atoms in total. The van der Waals surface area contributed by atoms with Gasteiger partial charge in [-0.15, -0.1) is 0 Å². The molecular weight excluding hydrogens is 166 g/mol. The number of hydroxylamine groups is 2. The molecule has 0 heterocycles. The summed E-state index contributed by atoms with van der Waals surface area (Å²) < 4.78 is 27.8. The summed E-state index contributed by atoms with van der Waals surface area (Å²) in [5.41, 5.74) is 0. The molecule has 0 aromatic carbocycles. The standard InChI is InChI=1S/C2H7NO6S/c4-2(3(5)6)1-10(7,8)9/h2,4-6H,1H2,(H,7,8,9). The average molecular weight is 173 g/mol. The molecule has 0 bridgehead atoms. The third kappa shape index (κ3) is 4.61. The molecule has 0 aliphatic rings. The maximum atomic E-state index is 9.89. The predicted octanol–water partition coefficient (Wildman–Crippen LogP) is -1.73. The summed E-state index contributed by atoms with van der Waals surface area (Å²) in [6, 6.07) is 0. The van der Waals surface area contributed by atoms with Crippen LogP contribution in [0.2, 0.25) is 0 Å². The van der Waals surface area contributed by atoms with Crippen molar-refractivity contribution in [2.24, 2.45) is 0 Å². The molecule has 1 atom stereocenters. The first-order valence-corrected chi connectivity index (χ1v) is 3.74. The van der Waals surface area contributed by atoms with Gasteiger partial charge in [-0.2, -0.15) is 8.42 Å². The molecule has 10 heavy (non-hydrogen) atoms. The Morgan fingerprint density at radius 2 is 1.80 bits per heavy atom. The number of nitrogens with zero attached hydrogens (tertiary/aromatic N) is 1. The van der Waals surface area contributed by atoms with E-state index in [1.807, 2.05) is 0 Å². The van der Waals surface area contributed by atoms with Gasteiger partial charge in [0.05, 0.1) is 0 Å². The lowest BCUT2D eigenvalue weighted by Gasteiger charge is -2.11. The third-order valence-electron chi connectivity index (χ3n) is 0.626. The summed E-state index contributed by atoms with van der Waals surface area (Å²) in [5.74, 6) is -1.15. The smallest absolute Gasteiger partial charge is 0.268 e. The van der Waals surface area contributed by atoms with Crippen LogP contribution in [0.1, 0.15) is 0 Å². The van der Waals surface area contributed by atoms with E-state index in [0.717, 1.165) is 0 Å². The molecule has 0 saturated heterocycles. The highest BCUT2D eigenvalue weighted by molar-refractivity contribution is 7.85. The van der Waals surface area contributed by atoms with Gasteiger partial charge in [0.2, 0.25) is 0 Å². The quantitative estimate of drug-likeness (QED) is 0.227. The minimum Gasteiger partial charge on any atom is -0.373 e. The number of hydrogen-bond donors (Lipinski definition) is 4. The average Bonchev–Trinajstić information content (AvgIpc) is 1.60. The van der Waals surface area contributed by atoms with Crippen LogP contribution in [-0.2, 0) is 10.1 Å². The van der Waals surface area contributed by atoms with Crippen LogP contribution < -0.4 is 0 Å². The van der Waals surface area contributed by atoms with Crippen molar-refractivity contribution in [2.45, 2.75) is 6.23 Å². The van der Waals surface area contributed by atoms with Crippen LogP contribution in [0.5, 0.6) is 0 Å². The van der Waals surface area contributed by atoms with Crippen molar-refractivity contribution in [1.82, 2.24) is 5.23 Å². The topological polar surface area (TPSA) is 118 Å². The molecule has 0 spiro atoms. The van der Waals surface area contributed by atoms with Crippen LogP contribution in [0, 0.1) is 0 Å². The number of aliphatic hydroxyl groups is 1. The normalized spacial score (nSPS) is 15.7. The van der Waals surface area contributed by atoms with Crippen LogP contribution in [0.3, 0.4) is 0 Å². The minimum absolute atomic E-state index is 0.715. The molecular formula is C2H7NO6S. The van der Waals surface area contributed by atoms with Crippen molar-refractivity contribution in [2.75, 3.05) is 5.75 Å². The fourth-order valence-corrected chi connectivity index (χ4v) is 0.765. The highest BCUT2D eigenvalue weighted by Gasteiger charge is 2.18. The van der Waals surface area contributed by atoms with Gasteiger partial charge >= 0.3 is 0 Å². The van der Waals surface area contributed by atoms with Crippen molar-refractivity contribution >= 4 is 10.1 Å². The molecule has 4 N–H and O–H groups in total. The first-order valence-electron chi connectivity index (χ1n) is 2.13. The van der Waals surface area contributed by atoms with E-state index in [1.54, 1.807) is 0 Å². The first-order chi connectivity index (χ1) is 4.33. The van der Waals surface area contributed by atoms with Crippen molar-refractivity contribution < 1.29 is 28.5 Å². The van der Waals surface area contributed by atoms with E-state index in [1.165, 1.54) is 0 Å². The monoisotopic (exact) mass is 173 g/mol. The Bertz CT molecular complexity index is 184. The molecule has 0 radical (unpaired) electrons. The Morgan fingerprint density at radius 1 is 1.40 bits per heavy atom. The molecule has 0 rings (SSSR count).